The third-order valence-corrected chi connectivity index (χ3v) is 4.67. The Morgan fingerprint density at radius 3 is 2.74 bits per heavy atom. The van der Waals surface area contributed by atoms with E-state index in [1.807, 2.05) is 18.2 Å². The normalized spacial score (nSPS) is 10.1. The van der Waals surface area contributed by atoms with Crippen molar-refractivity contribution in [3.8, 4) is 0 Å². The van der Waals surface area contributed by atoms with Crippen molar-refractivity contribution in [1.29, 1.82) is 0 Å². The predicted octanol–water partition coefficient (Wildman–Crippen LogP) is 2.99. The van der Waals surface area contributed by atoms with Gasteiger partial charge in [-0.05, 0) is 68.9 Å². The number of anilines is 2. The van der Waals surface area contributed by atoms with Gasteiger partial charge in [-0.2, -0.15) is 0 Å². The van der Waals surface area contributed by atoms with Gasteiger partial charge in [-0.15, -0.1) is 0 Å². The molecule has 0 radical (unpaired) electrons. The lowest BCUT2D eigenvalue weighted by atomic mass is 10.2. The average molecular weight is 433 g/mol. The zero-order chi connectivity index (χ0) is 13.8. The minimum atomic E-state index is -0.287. The Morgan fingerprint density at radius 1 is 1.26 bits per heavy atom. The first-order valence-electron chi connectivity index (χ1n) is 5.29. The number of nitrogens with zero attached hydrogens (tertiary/aromatic N) is 1. The molecule has 0 aliphatic rings. The first-order valence-corrected chi connectivity index (χ1v) is 7.16. The third-order valence-electron chi connectivity index (χ3n) is 2.34. The van der Waals surface area contributed by atoms with E-state index in [-0.39, 0.29) is 5.91 Å². The van der Waals surface area contributed by atoms with Gasteiger partial charge in [0.1, 0.15) is 5.69 Å². The van der Waals surface area contributed by atoms with Crippen molar-refractivity contribution in [3.63, 3.8) is 0 Å². The fourth-order valence-electron chi connectivity index (χ4n) is 1.41. The molecule has 0 fully saturated rings. The first-order chi connectivity index (χ1) is 9.10. The molecule has 4 N–H and O–H groups in total. The summed E-state index contributed by atoms with van der Waals surface area (Å²) in [5, 5.41) is 2.77. The number of halogens is 2. The van der Waals surface area contributed by atoms with Gasteiger partial charge in [-0.1, -0.05) is 0 Å². The van der Waals surface area contributed by atoms with Crippen LogP contribution in [-0.2, 0) is 0 Å². The monoisotopic (exact) mass is 432 g/mol. The Labute approximate surface area is 132 Å². The molecule has 1 aromatic heterocycles. The summed E-state index contributed by atoms with van der Waals surface area (Å²) in [6, 6.07) is 8.83. The van der Waals surface area contributed by atoms with E-state index in [4.69, 9.17) is 5.84 Å². The molecule has 0 aliphatic heterocycles. The number of nitrogens with one attached hydrogen (secondary N) is 2. The number of hydrogen-bond donors (Lipinski definition) is 3. The van der Waals surface area contributed by atoms with Crippen LogP contribution in [0, 0.1) is 3.57 Å². The number of amides is 1. The standard InChI is InChI=1S/C12H10BrIN4O/c13-9-5-7(1-2-10(9)14)17-12(19)11-6-8(18-15)3-4-16-11/h1-6H,15H2,(H,16,18)(H,17,19). The zero-order valence-electron chi connectivity index (χ0n) is 9.65. The topological polar surface area (TPSA) is 80.0 Å². The summed E-state index contributed by atoms with van der Waals surface area (Å²) >= 11 is 5.62. The van der Waals surface area contributed by atoms with Crippen LogP contribution in [0.25, 0.3) is 0 Å². The Balaban J connectivity index is 2.18. The molecule has 0 saturated carbocycles. The van der Waals surface area contributed by atoms with E-state index in [9.17, 15) is 4.79 Å². The number of carbonyl (C=O) groups excluding carboxylic acids is 1. The van der Waals surface area contributed by atoms with Gasteiger partial charge in [-0.3, -0.25) is 15.6 Å². The van der Waals surface area contributed by atoms with Crippen molar-refractivity contribution < 1.29 is 4.79 Å². The highest BCUT2D eigenvalue weighted by Crippen LogP contribution is 2.23. The minimum absolute atomic E-state index is 0.287. The minimum Gasteiger partial charge on any atom is -0.324 e. The van der Waals surface area contributed by atoms with Crippen LogP contribution in [0.15, 0.2) is 41.0 Å². The second-order valence-corrected chi connectivity index (χ2v) is 5.67. The van der Waals surface area contributed by atoms with Crippen molar-refractivity contribution in [2.75, 3.05) is 10.7 Å². The Bertz CT molecular complexity index is 620. The third kappa shape index (κ3) is 3.64. The Hall–Kier alpha value is -1.19. The summed E-state index contributed by atoms with van der Waals surface area (Å²) in [7, 11) is 0. The van der Waals surface area contributed by atoms with E-state index in [0.717, 1.165) is 8.04 Å². The van der Waals surface area contributed by atoms with Gasteiger partial charge >= 0.3 is 0 Å². The van der Waals surface area contributed by atoms with Crippen molar-refractivity contribution in [2.24, 2.45) is 5.84 Å². The van der Waals surface area contributed by atoms with E-state index in [0.29, 0.717) is 17.1 Å². The summed E-state index contributed by atoms with van der Waals surface area (Å²) in [4.78, 5) is 16.0. The maximum absolute atomic E-state index is 12.0. The highest BCUT2D eigenvalue weighted by Gasteiger charge is 2.09. The SMILES string of the molecule is NNc1ccnc(C(=O)Nc2ccc(I)c(Br)c2)c1. The zero-order valence-corrected chi connectivity index (χ0v) is 13.4. The van der Waals surface area contributed by atoms with Gasteiger partial charge in [0.15, 0.2) is 0 Å². The van der Waals surface area contributed by atoms with Gasteiger partial charge in [0, 0.05) is 19.9 Å². The maximum atomic E-state index is 12.0. The Morgan fingerprint density at radius 2 is 2.05 bits per heavy atom. The van der Waals surface area contributed by atoms with Crippen molar-refractivity contribution >= 4 is 55.8 Å². The summed E-state index contributed by atoms with van der Waals surface area (Å²) in [6.07, 6.45) is 1.52. The molecule has 1 amide bonds. The molecule has 0 aliphatic carbocycles. The van der Waals surface area contributed by atoms with Gasteiger partial charge in [0.25, 0.3) is 5.91 Å². The number of nitrogen functional groups attached to an aromatic ring is 1. The molecule has 0 bridgehead atoms. The number of pyridine rings is 1. The second-order valence-electron chi connectivity index (χ2n) is 3.66. The van der Waals surface area contributed by atoms with Crippen LogP contribution in [0.4, 0.5) is 11.4 Å². The van der Waals surface area contributed by atoms with Crippen molar-refractivity contribution in [3.05, 3.63) is 50.3 Å². The summed E-state index contributed by atoms with van der Waals surface area (Å²) in [5.74, 6) is 5.00. The van der Waals surface area contributed by atoms with E-state index in [1.54, 1.807) is 12.1 Å². The largest absolute Gasteiger partial charge is 0.324 e. The second kappa shape index (κ2) is 6.31. The van der Waals surface area contributed by atoms with Gasteiger partial charge < -0.3 is 10.7 Å². The van der Waals surface area contributed by atoms with Crippen LogP contribution in [0.2, 0.25) is 0 Å². The highest BCUT2D eigenvalue weighted by molar-refractivity contribution is 14.1. The fraction of sp³-hybridized carbons (Fsp3) is 0. The summed E-state index contributed by atoms with van der Waals surface area (Å²) in [5.41, 5.74) is 4.10. The molecule has 7 heteroatoms. The molecule has 0 saturated heterocycles. The Kier molecular flexibility index (Phi) is 4.72. The number of aromatic nitrogens is 1. The summed E-state index contributed by atoms with van der Waals surface area (Å²) < 4.78 is 2.00. The van der Waals surface area contributed by atoms with Gasteiger partial charge in [0.05, 0.1) is 5.69 Å². The van der Waals surface area contributed by atoms with E-state index in [2.05, 4.69) is 54.2 Å². The molecular weight excluding hydrogens is 423 g/mol. The molecule has 2 rings (SSSR count). The number of hydrogen-bond acceptors (Lipinski definition) is 4. The average Bonchev–Trinajstić information content (AvgIpc) is 2.43. The lowest BCUT2D eigenvalue weighted by molar-refractivity contribution is 0.102. The molecule has 5 nitrogen and oxygen atoms in total. The molecule has 98 valence electrons. The summed E-state index contributed by atoms with van der Waals surface area (Å²) in [6.45, 7) is 0. The highest BCUT2D eigenvalue weighted by atomic mass is 127. The molecule has 0 atom stereocenters. The van der Waals surface area contributed by atoms with Gasteiger partial charge in [-0.25, -0.2) is 0 Å². The molecular formula is C12H10BrIN4O. The fourth-order valence-corrected chi connectivity index (χ4v) is 2.13. The number of hydrazine groups is 1. The molecule has 0 unspecified atom stereocenters. The molecule has 19 heavy (non-hydrogen) atoms. The maximum Gasteiger partial charge on any atom is 0.274 e. The van der Waals surface area contributed by atoms with E-state index in [1.165, 1.54) is 6.20 Å². The van der Waals surface area contributed by atoms with E-state index >= 15 is 0 Å². The number of carbonyl (C=O) groups is 1. The molecule has 1 heterocycles. The van der Waals surface area contributed by atoms with Crippen LogP contribution in [0.5, 0.6) is 0 Å². The lowest BCUT2D eigenvalue weighted by Crippen LogP contribution is -2.15. The lowest BCUT2D eigenvalue weighted by Gasteiger charge is -2.07. The first kappa shape index (κ1) is 14.2. The van der Waals surface area contributed by atoms with Crippen LogP contribution >= 0.6 is 38.5 Å². The van der Waals surface area contributed by atoms with Crippen molar-refractivity contribution in [2.45, 2.75) is 0 Å². The number of nitrogens with two attached hydrogens (primary N) is 1. The molecule has 0 spiro atoms. The smallest absolute Gasteiger partial charge is 0.274 e. The van der Waals surface area contributed by atoms with Gasteiger partial charge in [0.2, 0.25) is 0 Å². The number of rotatable bonds is 3. The van der Waals surface area contributed by atoms with Crippen LogP contribution in [-0.4, -0.2) is 10.9 Å². The molecule has 2 aromatic rings. The number of benzene rings is 1. The predicted molar refractivity (Wildman–Crippen MR) is 86.9 cm³/mol. The van der Waals surface area contributed by atoms with Crippen LogP contribution in [0.3, 0.4) is 0 Å². The van der Waals surface area contributed by atoms with Crippen molar-refractivity contribution in [1.82, 2.24) is 4.98 Å². The van der Waals surface area contributed by atoms with Crippen LogP contribution < -0.4 is 16.6 Å². The molecule has 1 aromatic carbocycles. The van der Waals surface area contributed by atoms with E-state index < -0.39 is 0 Å². The van der Waals surface area contributed by atoms with Crippen LogP contribution in [0.1, 0.15) is 10.5 Å². The quantitative estimate of drug-likeness (QED) is 0.395.